The van der Waals surface area contributed by atoms with E-state index in [0.717, 1.165) is 6.42 Å². The lowest BCUT2D eigenvalue weighted by molar-refractivity contribution is -0.0210. The van der Waals surface area contributed by atoms with E-state index in [0.29, 0.717) is 13.0 Å². The van der Waals surface area contributed by atoms with Gasteiger partial charge < -0.3 is 14.9 Å². The Morgan fingerprint density at radius 3 is 2.33 bits per heavy atom. The first-order chi connectivity index (χ1) is 5.63. The summed E-state index contributed by atoms with van der Waals surface area (Å²) in [4.78, 5) is 0. The van der Waals surface area contributed by atoms with E-state index in [1.54, 1.807) is 7.11 Å². The summed E-state index contributed by atoms with van der Waals surface area (Å²) in [6.45, 7) is 4.41. The summed E-state index contributed by atoms with van der Waals surface area (Å²) in [5.41, 5.74) is 0. The number of hydrogen-bond donors (Lipinski definition) is 2. The third-order valence-electron chi connectivity index (χ3n) is 2.17. The molecule has 0 aromatic carbocycles. The molecule has 12 heavy (non-hydrogen) atoms. The lowest BCUT2D eigenvalue weighted by Crippen LogP contribution is -2.32. The first-order valence-electron chi connectivity index (χ1n) is 4.48. The lowest BCUT2D eigenvalue weighted by Gasteiger charge is -2.22. The highest BCUT2D eigenvalue weighted by Crippen LogP contribution is 2.13. The van der Waals surface area contributed by atoms with Crippen LogP contribution >= 0.6 is 0 Å². The topological polar surface area (TPSA) is 49.7 Å². The maximum Gasteiger partial charge on any atom is 0.0825 e. The van der Waals surface area contributed by atoms with Gasteiger partial charge >= 0.3 is 0 Å². The number of rotatable bonds is 6. The van der Waals surface area contributed by atoms with Crippen molar-refractivity contribution in [2.24, 2.45) is 5.92 Å². The Kier molecular flexibility index (Phi) is 6.34. The number of aliphatic hydroxyl groups excluding tert-OH is 2. The van der Waals surface area contributed by atoms with Gasteiger partial charge in [-0.15, -0.1) is 0 Å². The Morgan fingerprint density at radius 2 is 1.92 bits per heavy atom. The van der Waals surface area contributed by atoms with Crippen LogP contribution in [0.15, 0.2) is 0 Å². The second kappa shape index (κ2) is 6.40. The van der Waals surface area contributed by atoms with Crippen molar-refractivity contribution in [3.05, 3.63) is 0 Å². The Labute approximate surface area is 74.4 Å². The quantitative estimate of drug-likeness (QED) is 0.629. The fourth-order valence-electron chi connectivity index (χ4n) is 1.10. The van der Waals surface area contributed by atoms with Crippen molar-refractivity contribution in [1.82, 2.24) is 0 Å². The molecule has 0 aliphatic carbocycles. The summed E-state index contributed by atoms with van der Waals surface area (Å²) < 4.78 is 4.88. The zero-order valence-corrected chi connectivity index (χ0v) is 8.16. The van der Waals surface area contributed by atoms with Crippen molar-refractivity contribution in [3.63, 3.8) is 0 Å². The molecule has 0 amide bonds. The molecule has 0 saturated heterocycles. The highest BCUT2D eigenvalue weighted by atomic mass is 16.5. The lowest BCUT2D eigenvalue weighted by atomic mass is 9.96. The molecular formula is C9H20O3. The molecule has 0 saturated carbocycles. The molecule has 0 spiro atoms. The van der Waals surface area contributed by atoms with E-state index in [2.05, 4.69) is 0 Å². The van der Waals surface area contributed by atoms with Gasteiger partial charge in [-0.05, 0) is 18.8 Å². The van der Waals surface area contributed by atoms with Crippen molar-refractivity contribution in [3.8, 4) is 0 Å². The molecule has 74 valence electrons. The zero-order chi connectivity index (χ0) is 9.56. The molecule has 0 aliphatic heterocycles. The molecule has 0 aliphatic rings. The van der Waals surface area contributed by atoms with Crippen molar-refractivity contribution in [1.29, 1.82) is 0 Å². The van der Waals surface area contributed by atoms with Crippen LogP contribution in [-0.2, 0) is 4.74 Å². The molecule has 0 bridgehead atoms. The third-order valence-corrected chi connectivity index (χ3v) is 2.17. The molecule has 2 N–H and O–H groups in total. The Hall–Kier alpha value is -0.120. The number of hydrogen-bond acceptors (Lipinski definition) is 3. The van der Waals surface area contributed by atoms with E-state index in [-0.39, 0.29) is 5.92 Å². The van der Waals surface area contributed by atoms with Gasteiger partial charge in [0.25, 0.3) is 0 Å². The molecule has 0 heterocycles. The molecule has 3 atom stereocenters. The minimum Gasteiger partial charge on any atom is -0.390 e. The summed E-state index contributed by atoms with van der Waals surface area (Å²) in [6, 6.07) is 0. The number of aliphatic hydroxyl groups is 2. The van der Waals surface area contributed by atoms with Crippen LogP contribution < -0.4 is 0 Å². The predicted octanol–water partition coefficient (Wildman–Crippen LogP) is 0.791. The van der Waals surface area contributed by atoms with Crippen LogP contribution in [0.4, 0.5) is 0 Å². The summed E-state index contributed by atoms with van der Waals surface area (Å²) in [5.74, 6) is 0.0971. The van der Waals surface area contributed by atoms with Gasteiger partial charge in [-0.2, -0.15) is 0 Å². The van der Waals surface area contributed by atoms with Crippen LogP contribution in [0.1, 0.15) is 26.7 Å². The molecule has 0 radical (unpaired) electrons. The summed E-state index contributed by atoms with van der Waals surface area (Å²) in [6.07, 6.45) is 0.162. The van der Waals surface area contributed by atoms with Crippen molar-refractivity contribution >= 4 is 0 Å². The van der Waals surface area contributed by atoms with Gasteiger partial charge in [0.1, 0.15) is 0 Å². The minimum absolute atomic E-state index is 0.0971. The van der Waals surface area contributed by atoms with Crippen LogP contribution in [0.2, 0.25) is 0 Å². The van der Waals surface area contributed by atoms with E-state index < -0.39 is 12.2 Å². The Balaban J connectivity index is 3.67. The fourth-order valence-corrected chi connectivity index (χ4v) is 1.10. The second-order valence-corrected chi connectivity index (χ2v) is 3.22. The number of methoxy groups -OCH3 is 1. The highest BCUT2D eigenvalue weighted by molar-refractivity contribution is 4.71. The average Bonchev–Trinajstić information content (AvgIpc) is 2.11. The summed E-state index contributed by atoms with van der Waals surface area (Å²) in [7, 11) is 1.63. The first-order valence-corrected chi connectivity index (χ1v) is 4.48. The number of ether oxygens (including phenoxy) is 1. The normalized spacial score (nSPS) is 18.8. The highest BCUT2D eigenvalue weighted by Gasteiger charge is 2.20. The van der Waals surface area contributed by atoms with Gasteiger partial charge in [0.2, 0.25) is 0 Å². The second-order valence-electron chi connectivity index (χ2n) is 3.22. The monoisotopic (exact) mass is 176 g/mol. The van der Waals surface area contributed by atoms with Crippen LogP contribution in [0, 0.1) is 5.92 Å². The van der Waals surface area contributed by atoms with E-state index in [1.807, 2.05) is 13.8 Å². The zero-order valence-electron chi connectivity index (χ0n) is 8.16. The maximum atomic E-state index is 9.51. The predicted molar refractivity (Wildman–Crippen MR) is 48.0 cm³/mol. The van der Waals surface area contributed by atoms with Gasteiger partial charge in [0.15, 0.2) is 0 Å². The van der Waals surface area contributed by atoms with Crippen LogP contribution in [0.5, 0.6) is 0 Å². The molecule has 0 fully saturated rings. The Bertz CT molecular complexity index is 106. The van der Waals surface area contributed by atoms with Crippen molar-refractivity contribution < 1.29 is 14.9 Å². The maximum absolute atomic E-state index is 9.51. The fraction of sp³-hybridized carbons (Fsp3) is 1.00. The smallest absolute Gasteiger partial charge is 0.0825 e. The van der Waals surface area contributed by atoms with Gasteiger partial charge in [-0.25, -0.2) is 0 Å². The third kappa shape index (κ3) is 4.04. The van der Waals surface area contributed by atoms with Crippen LogP contribution in [0.3, 0.4) is 0 Å². The molecule has 0 aromatic rings. The van der Waals surface area contributed by atoms with E-state index >= 15 is 0 Å². The van der Waals surface area contributed by atoms with Gasteiger partial charge in [0.05, 0.1) is 12.2 Å². The molecular weight excluding hydrogens is 156 g/mol. The van der Waals surface area contributed by atoms with Gasteiger partial charge in [-0.1, -0.05) is 13.8 Å². The minimum atomic E-state index is -0.620. The van der Waals surface area contributed by atoms with E-state index in [9.17, 15) is 10.2 Å². The van der Waals surface area contributed by atoms with E-state index in [4.69, 9.17) is 4.74 Å². The first kappa shape index (κ1) is 11.9. The van der Waals surface area contributed by atoms with Gasteiger partial charge in [0, 0.05) is 13.7 Å². The summed E-state index contributed by atoms with van der Waals surface area (Å²) >= 11 is 0. The molecule has 3 unspecified atom stereocenters. The molecule has 3 heteroatoms. The van der Waals surface area contributed by atoms with Crippen molar-refractivity contribution in [2.45, 2.75) is 38.9 Å². The molecule has 0 rings (SSSR count). The van der Waals surface area contributed by atoms with Crippen LogP contribution in [0.25, 0.3) is 0 Å². The van der Waals surface area contributed by atoms with Gasteiger partial charge in [-0.3, -0.25) is 0 Å². The average molecular weight is 176 g/mol. The van der Waals surface area contributed by atoms with Crippen molar-refractivity contribution in [2.75, 3.05) is 13.7 Å². The Morgan fingerprint density at radius 1 is 1.33 bits per heavy atom. The largest absolute Gasteiger partial charge is 0.390 e. The van der Waals surface area contributed by atoms with Crippen LogP contribution in [-0.4, -0.2) is 36.1 Å². The SMILES string of the molecule is CCC(O)C(O)C(C)CCOC. The molecule has 0 aromatic heterocycles. The summed E-state index contributed by atoms with van der Waals surface area (Å²) in [5, 5.41) is 18.8. The molecule has 3 nitrogen and oxygen atoms in total. The standard InChI is InChI=1S/C9H20O3/c1-4-8(10)9(11)7(2)5-6-12-3/h7-11H,4-6H2,1-3H3. The van der Waals surface area contributed by atoms with E-state index in [1.165, 1.54) is 0 Å².